The largest absolute Gasteiger partial charge is 0.390 e. The first kappa shape index (κ1) is 13.7. The van der Waals surface area contributed by atoms with Crippen LogP contribution in [0.15, 0.2) is 24.3 Å². The van der Waals surface area contributed by atoms with Crippen LogP contribution in [0.5, 0.6) is 0 Å². The highest BCUT2D eigenvalue weighted by molar-refractivity contribution is 7.19. The van der Waals surface area contributed by atoms with Crippen molar-refractivity contribution in [2.45, 2.75) is 20.8 Å². The second-order valence-corrected chi connectivity index (χ2v) is 5.87. The molecule has 0 saturated carbocycles. The molecule has 0 amide bonds. The molecule has 1 aromatic heterocycles. The van der Waals surface area contributed by atoms with Crippen molar-refractivity contribution in [3.63, 3.8) is 0 Å². The molecule has 1 heterocycles. The van der Waals surface area contributed by atoms with E-state index in [2.05, 4.69) is 0 Å². The van der Waals surface area contributed by atoms with Gasteiger partial charge in [0, 0.05) is 10.8 Å². The van der Waals surface area contributed by atoms with Gasteiger partial charge in [-0.05, 0) is 30.2 Å². The first-order chi connectivity index (χ1) is 8.91. The molecule has 0 radical (unpaired) electrons. The van der Waals surface area contributed by atoms with E-state index in [0.717, 1.165) is 16.0 Å². The molecule has 100 valence electrons. The molecule has 0 aliphatic rings. The van der Waals surface area contributed by atoms with Crippen LogP contribution in [-0.4, -0.2) is 5.78 Å². The molecule has 2 N–H and O–H groups in total. The van der Waals surface area contributed by atoms with E-state index in [0.29, 0.717) is 10.6 Å². The molecular formula is C15H16FNOS. The Kier molecular flexibility index (Phi) is 3.71. The number of thiophene rings is 1. The number of anilines is 1. The van der Waals surface area contributed by atoms with Gasteiger partial charge in [0.15, 0.2) is 5.78 Å². The van der Waals surface area contributed by atoms with Crippen molar-refractivity contribution < 1.29 is 9.18 Å². The maximum Gasteiger partial charge on any atom is 0.168 e. The first-order valence-corrected chi connectivity index (χ1v) is 6.92. The van der Waals surface area contributed by atoms with Gasteiger partial charge >= 0.3 is 0 Å². The molecule has 4 heteroatoms. The Hall–Kier alpha value is -1.68. The molecule has 0 aliphatic carbocycles. The number of halogens is 1. The number of nitrogen functional groups attached to an aromatic ring is 1. The van der Waals surface area contributed by atoms with Crippen molar-refractivity contribution >= 4 is 22.1 Å². The predicted octanol–water partition coefficient (Wildman–Crippen LogP) is 4.28. The molecule has 0 atom stereocenters. The lowest BCUT2D eigenvalue weighted by atomic mass is 9.97. The van der Waals surface area contributed by atoms with Gasteiger partial charge < -0.3 is 5.73 Å². The molecule has 2 aromatic rings. The van der Waals surface area contributed by atoms with E-state index in [1.165, 1.54) is 23.5 Å². The number of carbonyl (C=O) groups excluding carboxylic acids is 1. The Morgan fingerprint density at radius 3 is 2.37 bits per heavy atom. The third-order valence-electron chi connectivity index (χ3n) is 3.05. The van der Waals surface area contributed by atoms with E-state index in [9.17, 15) is 9.18 Å². The Labute approximate surface area is 116 Å². The van der Waals surface area contributed by atoms with Gasteiger partial charge in [0.2, 0.25) is 0 Å². The van der Waals surface area contributed by atoms with Crippen molar-refractivity contribution in [1.82, 2.24) is 0 Å². The lowest BCUT2D eigenvalue weighted by Crippen LogP contribution is -2.09. The molecule has 1 aromatic carbocycles. The summed E-state index contributed by atoms with van der Waals surface area (Å²) in [5, 5.41) is 0.538. The number of hydrogen-bond acceptors (Lipinski definition) is 3. The van der Waals surface area contributed by atoms with Crippen molar-refractivity contribution in [3.8, 4) is 10.4 Å². The Morgan fingerprint density at radius 2 is 1.84 bits per heavy atom. The molecule has 0 unspecified atom stereocenters. The van der Waals surface area contributed by atoms with Gasteiger partial charge in [-0.1, -0.05) is 26.0 Å². The second-order valence-electron chi connectivity index (χ2n) is 4.82. The van der Waals surface area contributed by atoms with Crippen molar-refractivity contribution in [3.05, 3.63) is 41.2 Å². The van der Waals surface area contributed by atoms with Gasteiger partial charge in [0.25, 0.3) is 0 Å². The fourth-order valence-electron chi connectivity index (χ4n) is 2.01. The molecule has 0 bridgehead atoms. The third-order valence-corrected chi connectivity index (χ3v) is 4.22. The summed E-state index contributed by atoms with van der Waals surface area (Å²) in [5.41, 5.74) is 8.35. The van der Waals surface area contributed by atoms with E-state index in [1.54, 1.807) is 12.1 Å². The second kappa shape index (κ2) is 5.13. The van der Waals surface area contributed by atoms with Gasteiger partial charge in [0.1, 0.15) is 5.82 Å². The Morgan fingerprint density at radius 1 is 1.26 bits per heavy atom. The van der Waals surface area contributed by atoms with E-state index in [1.807, 2.05) is 20.8 Å². The average molecular weight is 277 g/mol. The number of Topliss-reactive ketones (excluding diaryl/α,β-unsaturated/α-hetero) is 1. The highest BCUT2D eigenvalue weighted by Crippen LogP contribution is 2.39. The minimum Gasteiger partial charge on any atom is -0.390 e. The summed E-state index contributed by atoms with van der Waals surface area (Å²) in [6.45, 7) is 5.61. The third kappa shape index (κ3) is 2.54. The normalized spacial score (nSPS) is 11.0. The topological polar surface area (TPSA) is 43.1 Å². The summed E-state index contributed by atoms with van der Waals surface area (Å²) in [5.74, 6) is -0.305. The number of benzene rings is 1. The maximum absolute atomic E-state index is 12.9. The lowest BCUT2D eigenvalue weighted by molar-refractivity contribution is 0.0940. The van der Waals surface area contributed by atoms with Crippen LogP contribution in [0.1, 0.15) is 29.8 Å². The number of ketones is 1. The Bertz CT molecular complexity index is 614. The standard InChI is InChI=1S/C15H16FNOS/c1-8(2)13(18)12-9(3)14(19-15(12)17)10-4-6-11(16)7-5-10/h4-8H,17H2,1-3H3. The van der Waals surface area contributed by atoms with Crippen LogP contribution in [0.25, 0.3) is 10.4 Å². The fourth-order valence-corrected chi connectivity index (χ4v) is 3.09. The zero-order chi connectivity index (χ0) is 14.2. The SMILES string of the molecule is Cc1c(-c2ccc(F)cc2)sc(N)c1C(=O)C(C)C. The van der Waals surface area contributed by atoms with Crippen LogP contribution < -0.4 is 5.73 Å². The van der Waals surface area contributed by atoms with Crippen molar-refractivity contribution in [2.24, 2.45) is 5.92 Å². The number of rotatable bonds is 3. The molecule has 0 spiro atoms. The zero-order valence-electron chi connectivity index (χ0n) is 11.2. The first-order valence-electron chi connectivity index (χ1n) is 6.10. The minimum atomic E-state index is -0.274. The number of hydrogen-bond donors (Lipinski definition) is 1. The highest BCUT2D eigenvalue weighted by atomic mass is 32.1. The van der Waals surface area contributed by atoms with Gasteiger partial charge in [-0.25, -0.2) is 4.39 Å². The van der Waals surface area contributed by atoms with E-state index in [4.69, 9.17) is 5.73 Å². The molecule has 19 heavy (non-hydrogen) atoms. The van der Waals surface area contributed by atoms with Gasteiger partial charge in [-0.2, -0.15) is 0 Å². The number of nitrogens with two attached hydrogens (primary N) is 1. The van der Waals surface area contributed by atoms with Crippen LogP contribution in [0.3, 0.4) is 0 Å². The summed E-state index contributed by atoms with van der Waals surface area (Å²) >= 11 is 1.38. The lowest BCUT2D eigenvalue weighted by Gasteiger charge is -2.05. The van der Waals surface area contributed by atoms with Gasteiger partial charge in [-0.15, -0.1) is 11.3 Å². The fraction of sp³-hybridized carbons (Fsp3) is 0.267. The van der Waals surface area contributed by atoms with Crippen LogP contribution in [0.4, 0.5) is 9.39 Å². The van der Waals surface area contributed by atoms with Crippen LogP contribution in [-0.2, 0) is 0 Å². The Balaban J connectivity index is 2.53. The van der Waals surface area contributed by atoms with E-state index in [-0.39, 0.29) is 17.5 Å². The van der Waals surface area contributed by atoms with Crippen molar-refractivity contribution in [1.29, 1.82) is 0 Å². The maximum atomic E-state index is 12.9. The molecular weight excluding hydrogens is 261 g/mol. The van der Waals surface area contributed by atoms with Gasteiger partial charge in [-0.3, -0.25) is 4.79 Å². The highest BCUT2D eigenvalue weighted by Gasteiger charge is 2.22. The van der Waals surface area contributed by atoms with E-state index < -0.39 is 0 Å². The van der Waals surface area contributed by atoms with E-state index >= 15 is 0 Å². The summed E-state index contributed by atoms with van der Waals surface area (Å²) in [4.78, 5) is 13.1. The summed E-state index contributed by atoms with van der Waals surface area (Å²) in [7, 11) is 0. The van der Waals surface area contributed by atoms with Gasteiger partial charge in [0.05, 0.1) is 10.6 Å². The summed E-state index contributed by atoms with van der Waals surface area (Å²) in [6, 6.07) is 6.23. The monoisotopic (exact) mass is 277 g/mol. The number of carbonyl (C=O) groups is 1. The zero-order valence-corrected chi connectivity index (χ0v) is 12.0. The summed E-state index contributed by atoms with van der Waals surface area (Å²) < 4.78 is 12.9. The van der Waals surface area contributed by atoms with Crippen LogP contribution in [0.2, 0.25) is 0 Å². The molecule has 0 saturated heterocycles. The average Bonchev–Trinajstić information content (AvgIpc) is 2.65. The predicted molar refractivity (Wildman–Crippen MR) is 78.0 cm³/mol. The summed E-state index contributed by atoms with van der Waals surface area (Å²) in [6.07, 6.45) is 0. The molecule has 2 rings (SSSR count). The smallest absolute Gasteiger partial charge is 0.168 e. The minimum absolute atomic E-state index is 0.0552. The quantitative estimate of drug-likeness (QED) is 0.851. The van der Waals surface area contributed by atoms with Crippen LogP contribution in [0, 0.1) is 18.7 Å². The molecule has 0 fully saturated rings. The van der Waals surface area contributed by atoms with Crippen molar-refractivity contribution in [2.75, 3.05) is 5.73 Å². The molecule has 0 aliphatic heterocycles. The molecule has 2 nitrogen and oxygen atoms in total. The van der Waals surface area contributed by atoms with Crippen LogP contribution >= 0.6 is 11.3 Å².